The third-order valence-electron chi connectivity index (χ3n) is 8.67. The molecule has 242 valence electrons. The predicted octanol–water partition coefficient (Wildman–Crippen LogP) is 6.35. The van der Waals surface area contributed by atoms with Crippen molar-refractivity contribution in [3.63, 3.8) is 0 Å². The van der Waals surface area contributed by atoms with Crippen molar-refractivity contribution >= 4 is 28.7 Å². The van der Waals surface area contributed by atoms with Crippen LogP contribution in [0.5, 0.6) is 0 Å². The molecule has 0 spiro atoms. The van der Waals surface area contributed by atoms with E-state index < -0.39 is 18.3 Å². The van der Waals surface area contributed by atoms with Crippen LogP contribution in [0.15, 0.2) is 108 Å². The number of imidazole rings is 1. The molecule has 0 N–H and O–H groups in total. The van der Waals surface area contributed by atoms with Gasteiger partial charge >= 0.3 is 0 Å². The highest BCUT2D eigenvalue weighted by molar-refractivity contribution is 7.89. The second-order valence-corrected chi connectivity index (χ2v) is 19.9. The molecule has 5 rings (SSSR count). The van der Waals surface area contributed by atoms with Gasteiger partial charge in [-0.1, -0.05) is 107 Å². The van der Waals surface area contributed by atoms with E-state index in [0.717, 1.165) is 22.8 Å². The van der Waals surface area contributed by atoms with Crippen molar-refractivity contribution in [3.05, 3.63) is 115 Å². The molecular formula is C37H46N4O3SSi. The molecule has 0 aliphatic carbocycles. The molecule has 2 heterocycles. The summed E-state index contributed by atoms with van der Waals surface area (Å²) in [5, 5.41) is 2.15. The minimum Gasteiger partial charge on any atom is -0.406 e. The summed E-state index contributed by atoms with van der Waals surface area (Å²) in [5.74, 6) is 1.03. The first kappa shape index (κ1) is 33.7. The van der Waals surface area contributed by atoms with Gasteiger partial charge < -0.3 is 8.99 Å². The van der Waals surface area contributed by atoms with Gasteiger partial charge in [-0.15, -0.1) is 0 Å². The fourth-order valence-corrected chi connectivity index (χ4v) is 12.3. The summed E-state index contributed by atoms with van der Waals surface area (Å²) in [7, 11) is -4.94. The normalized spacial score (nSPS) is 13.5. The third-order valence-corrected chi connectivity index (χ3v) is 15.6. The Balaban J connectivity index is 1.41. The number of aryl methyl sites for hydroxylation is 1. The quantitative estimate of drug-likeness (QED) is 0.147. The van der Waals surface area contributed by atoms with Gasteiger partial charge in [0, 0.05) is 32.0 Å². The maximum atomic E-state index is 14.1. The number of hydrogen-bond donors (Lipinski definition) is 0. The molecular weight excluding hydrogens is 609 g/mol. The second kappa shape index (κ2) is 13.6. The largest absolute Gasteiger partial charge is 0.406 e. The lowest BCUT2D eigenvalue weighted by molar-refractivity contribution is 0.191. The fourth-order valence-electron chi connectivity index (χ4n) is 6.36. The average molecular weight is 655 g/mol. The predicted molar refractivity (Wildman–Crippen MR) is 189 cm³/mol. The first-order valence-electron chi connectivity index (χ1n) is 15.9. The van der Waals surface area contributed by atoms with Crippen molar-refractivity contribution in [3.8, 4) is 11.4 Å². The van der Waals surface area contributed by atoms with Crippen LogP contribution in [0.3, 0.4) is 0 Å². The van der Waals surface area contributed by atoms with Crippen LogP contribution < -0.4 is 10.4 Å². The number of pyridine rings is 1. The van der Waals surface area contributed by atoms with Gasteiger partial charge in [0.1, 0.15) is 11.5 Å². The van der Waals surface area contributed by atoms with Crippen LogP contribution in [-0.4, -0.2) is 55.3 Å². The molecule has 0 bridgehead atoms. The van der Waals surface area contributed by atoms with Gasteiger partial charge in [-0.05, 0) is 58.4 Å². The first-order valence-corrected chi connectivity index (χ1v) is 19.3. The number of sulfonamides is 1. The Morgan fingerprint density at radius 3 is 1.96 bits per heavy atom. The Kier molecular flexibility index (Phi) is 9.98. The van der Waals surface area contributed by atoms with E-state index in [1.807, 2.05) is 54.2 Å². The van der Waals surface area contributed by atoms with Crippen LogP contribution in [0.4, 0.5) is 0 Å². The van der Waals surface area contributed by atoms with Gasteiger partial charge in [0.2, 0.25) is 10.0 Å². The Bertz CT molecular complexity index is 1760. The molecule has 7 nitrogen and oxygen atoms in total. The molecule has 0 radical (unpaired) electrons. The summed E-state index contributed by atoms with van der Waals surface area (Å²) in [6.45, 7) is 13.7. The van der Waals surface area contributed by atoms with Crippen molar-refractivity contribution in [1.82, 2.24) is 18.8 Å². The topological polar surface area (TPSA) is 77.3 Å². The molecule has 3 aromatic carbocycles. The molecule has 1 atom stereocenters. The number of likely N-dealkylation sites (N-methyl/N-ethyl adjacent to an activating group) is 1. The number of fused-ring (bicyclic) bond motifs is 1. The molecule has 3 aromatic rings. The molecule has 9 heteroatoms. The van der Waals surface area contributed by atoms with Gasteiger partial charge in [-0.3, -0.25) is 0 Å². The summed E-state index contributed by atoms with van der Waals surface area (Å²) in [6, 6.07) is 29.8. The summed E-state index contributed by atoms with van der Waals surface area (Å²) < 4.78 is 39.0. The van der Waals surface area contributed by atoms with Gasteiger partial charge in [-0.25, -0.2) is 18.4 Å². The van der Waals surface area contributed by atoms with Crippen molar-refractivity contribution in [2.75, 3.05) is 13.7 Å². The number of nitrogens with zero attached hydrogens (tertiary/aromatic N) is 4. The highest BCUT2D eigenvalue weighted by Gasteiger charge is 2.50. The zero-order chi connectivity index (χ0) is 33.1. The molecule has 0 unspecified atom stereocenters. The lowest BCUT2D eigenvalue weighted by atomic mass is 10.1. The third kappa shape index (κ3) is 7.03. The molecule has 2 aliphatic heterocycles. The fraction of sp³-hybridized carbons (Fsp3) is 0.351. The van der Waals surface area contributed by atoms with Crippen LogP contribution in [0.25, 0.3) is 11.4 Å². The maximum Gasteiger partial charge on any atom is 0.261 e. The van der Waals surface area contributed by atoms with Gasteiger partial charge in [0.25, 0.3) is 8.32 Å². The summed E-state index contributed by atoms with van der Waals surface area (Å²) in [4.78, 5) is 9.16. The number of hydrogen-bond acceptors (Lipinski definition) is 5. The highest BCUT2D eigenvalue weighted by Crippen LogP contribution is 2.37. The van der Waals surface area contributed by atoms with Crippen LogP contribution in [0, 0.1) is 12.8 Å². The van der Waals surface area contributed by atoms with E-state index in [0.29, 0.717) is 19.6 Å². The molecule has 0 amide bonds. The minimum absolute atomic E-state index is 0.206. The van der Waals surface area contributed by atoms with Gasteiger partial charge in [-0.2, -0.15) is 4.31 Å². The Morgan fingerprint density at radius 1 is 0.848 bits per heavy atom. The number of rotatable bonds is 12. The van der Waals surface area contributed by atoms with E-state index in [1.54, 1.807) is 19.2 Å². The van der Waals surface area contributed by atoms with E-state index in [2.05, 4.69) is 93.1 Å². The number of aromatic nitrogens is 3. The Labute approximate surface area is 275 Å². The molecule has 0 saturated carbocycles. The monoisotopic (exact) mass is 654 g/mol. The highest BCUT2D eigenvalue weighted by atomic mass is 32.2. The van der Waals surface area contributed by atoms with Crippen LogP contribution in [-0.2, 0) is 21.0 Å². The van der Waals surface area contributed by atoms with Crippen molar-refractivity contribution < 1.29 is 12.8 Å². The lowest BCUT2D eigenvalue weighted by Gasteiger charge is -2.44. The van der Waals surface area contributed by atoms with E-state index in [1.165, 1.54) is 14.7 Å². The molecule has 2 aliphatic rings. The maximum absolute atomic E-state index is 14.1. The molecule has 46 heavy (non-hydrogen) atoms. The SMILES string of the molecule is Cc1nc2ccn(Cc3ccc(S(=O)(=O)N(C)[C@H](CO[Si](c4ccccc4)(c4ccccc4)C(C)(C)C)CC(C)C)cc3)cc-2n1. The van der Waals surface area contributed by atoms with Crippen LogP contribution >= 0.6 is 0 Å². The standard InChI is InChI=1S/C37H46N4O3SSi/c1-28(2)24-31(27-44-46(37(4,5)6,33-14-10-8-11-15-33)34-16-12-9-13-17-34)40(7)45(42,43)32-20-18-30(19-21-32)25-41-23-22-35-36(26-41)39-29(3)38-35/h8-23,26,28,31H,24-25,27H2,1-7H3/t31-/m0/s1. The summed E-state index contributed by atoms with van der Waals surface area (Å²) >= 11 is 0. The van der Waals surface area contributed by atoms with E-state index in [9.17, 15) is 8.42 Å². The second-order valence-electron chi connectivity index (χ2n) is 13.6. The van der Waals surface area contributed by atoms with E-state index >= 15 is 0 Å². The average Bonchev–Trinajstić information content (AvgIpc) is 3.40. The zero-order valence-corrected chi connectivity index (χ0v) is 29.8. The van der Waals surface area contributed by atoms with Crippen molar-refractivity contribution in [1.29, 1.82) is 0 Å². The Hall–Kier alpha value is -3.63. The van der Waals surface area contributed by atoms with Crippen molar-refractivity contribution in [2.45, 2.75) is 70.5 Å². The first-order chi connectivity index (χ1) is 21.8. The smallest absolute Gasteiger partial charge is 0.261 e. The van der Waals surface area contributed by atoms with E-state index in [-0.39, 0.29) is 21.9 Å². The molecule has 0 aromatic heterocycles. The lowest BCUT2D eigenvalue weighted by Crippen LogP contribution is -2.67. The summed E-state index contributed by atoms with van der Waals surface area (Å²) in [5.41, 5.74) is 2.71. The van der Waals surface area contributed by atoms with Crippen LogP contribution in [0.1, 0.15) is 52.4 Å². The zero-order valence-electron chi connectivity index (χ0n) is 28.0. The minimum atomic E-state index is -3.79. The van der Waals surface area contributed by atoms with Gasteiger partial charge in [0.15, 0.2) is 0 Å². The van der Waals surface area contributed by atoms with Crippen LogP contribution in [0.2, 0.25) is 5.04 Å². The Morgan fingerprint density at radius 2 is 1.41 bits per heavy atom. The summed E-state index contributed by atoms with van der Waals surface area (Å²) in [6.07, 6.45) is 4.61. The molecule has 0 saturated heterocycles. The molecule has 0 fully saturated rings. The van der Waals surface area contributed by atoms with Gasteiger partial charge in [0.05, 0.1) is 17.2 Å². The van der Waals surface area contributed by atoms with Crippen molar-refractivity contribution in [2.24, 2.45) is 5.92 Å². The van der Waals surface area contributed by atoms with E-state index in [4.69, 9.17) is 4.43 Å². The number of benzene rings is 3.